The van der Waals surface area contributed by atoms with Gasteiger partial charge in [-0.2, -0.15) is 0 Å². The average Bonchev–Trinajstić information content (AvgIpc) is 2.07. The van der Waals surface area contributed by atoms with E-state index in [1.807, 2.05) is 0 Å². The summed E-state index contributed by atoms with van der Waals surface area (Å²) in [4.78, 5) is 0. The van der Waals surface area contributed by atoms with Crippen molar-refractivity contribution in [3.63, 3.8) is 0 Å². The molecule has 1 saturated heterocycles. The Labute approximate surface area is 69.0 Å². The number of nitrogens with one attached hydrogen (secondary N) is 1. The first kappa shape index (κ1) is 9.01. The molecular formula is C9H19NO. The number of aliphatic hydroxyl groups excluding tert-OH is 1. The van der Waals surface area contributed by atoms with Crippen LogP contribution in [0, 0.1) is 5.41 Å². The Kier molecular flexibility index (Phi) is 3.34. The minimum absolute atomic E-state index is 0.343. The van der Waals surface area contributed by atoms with Gasteiger partial charge >= 0.3 is 0 Å². The topological polar surface area (TPSA) is 32.3 Å². The Morgan fingerprint density at radius 3 is 2.82 bits per heavy atom. The van der Waals surface area contributed by atoms with Crippen molar-refractivity contribution in [1.82, 2.24) is 5.32 Å². The van der Waals surface area contributed by atoms with Gasteiger partial charge in [0.1, 0.15) is 0 Å². The van der Waals surface area contributed by atoms with Crippen LogP contribution >= 0.6 is 0 Å². The van der Waals surface area contributed by atoms with Crippen LogP contribution in [0.25, 0.3) is 0 Å². The molecule has 1 aliphatic heterocycles. The Morgan fingerprint density at radius 2 is 2.36 bits per heavy atom. The molecule has 2 N–H and O–H groups in total. The molecular weight excluding hydrogens is 138 g/mol. The molecule has 0 aromatic rings. The third kappa shape index (κ3) is 2.17. The molecule has 1 atom stereocenters. The van der Waals surface area contributed by atoms with Gasteiger partial charge in [0.05, 0.1) is 0 Å². The summed E-state index contributed by atoms with van der Waals surface area (Å²) in [5.74, 6) is 0. The summed E-state index contributed by atoms with van der Waals surface area (Å²) in [6.07, 6.45) is 4.72. The van der Waals surface area contributed by atoms with E-state index in [1.165, 1.54) is 19.3 Å². The molecule has 11 heavy (non-hydrogen) atoms. The van der Waals surface area contributed by atoms with Crippen molar-refractivity contribution >= 4 is 0 Å². The SMILES string of the molecule is CCC1(CCO)CCCNC1. The predicted molar refractivity (Wildman–Crippen MR) is 46.5 cm³/mol. The van der Waals surface area contributed by atoms with Crippen molar-refractivity contribution in [2.24, 2.45) is 5.41 Å². The maximum absolute atomic E-state index is 8.89. The van der Waals surface area contributed by atoms with Gasteiger partial charge < -0.3 is 10.4 Å². The van der Waals surface area contributed by atoms with E-state index in [0.717, 1.165) is 19.5 Å². The number of rotatable bonds is 3. The van der Waals surface area contributed by atoms with Gasteiger partial charge in [-0.25, -0.2) is 0 Å². The third-order valence-electron chi connectivity index (χ3n) is 2.95. The number of hydrogen-bond donors (Lipinski definition) is 2. The molecule has 2 nitrogen and oxygen atoms in total. The number of piperidine rings is 1. The van der Waals surface area contributed by atoms with Crippen LogP contribution in [0.2, 0.25) is 0 Å². The lowest BCUT2D eigenvalue weighted by Crippen LogP contribution is -2.40. The molecule has 1 heterocycles. The molecule has 1 aliphatic rings. The maximum atomic E-state index is 8.89. The van der Waals surface area contributed by atoms with E-state index in [2.05, 4.69) is 12.2 Å². The van der Waals surface area contributed by atoms with Crippen molar-refractivity contribution in [3.8, 4) is 0 Å². The second-order valence-corrected chi connectivity index (χ2v) is 3.61. The Hall–Kier alpha value is -0.0800. The van der Waals surface area contributed by atoms with E-state index in [-0.39, 0.29) is 0 Å². The van der Waals surface area contributed by atoms with Gasteiger partial charge in [-0.3, -0.25) is 0 Å². The zero-order chi connectivity index (χ0) is 8.16. The molecule has 1 unspecified atom stereocenters. The maximum Gasteiger partial charge on any atom is 0.0436 e. The Morgan fingerprint density at radius 1 is 1.55 bits per heavy atom. The summed E-state index contributed by atoms with van der Waals surface area (Å²) in [5.41, 5.74) is 0.410. The molecule has 2 heteroatoms. The smallest absolute Gasteiger partial charge is 0.0436 e. The van der Waals surface area contributed by atoms with Gasteiger partial charge in [0, 0.05) is 13.2 Å². The van der Waals surface area contributed by atoms with E-state index >= 15 is 0 Å². The number of hydrogen-bond acceptors (Lipinski definition) is 2. The van der Waals surface area contributed by atoms with E-state index in [1.54, 1.807) is 0 Å². The van der Waals surface area contributed by atoms with E-state index in [0.29, 0.717) is 12.0 Å². The highest BCUT2D eigenvalue weighted by Crippen LogP contribution is 2.32. The van der Waals surface area contributed by atoms with E-state index in [4.69, 9.17) is 5.11 Å². The molecule has 66 valence electrons. The fourth-order valence-corrected chi connectivity index (χ4v) is 1.96. The van der Waals surface area contributed by atoms with E-state index < -0.39 is 0 Å². The minimum atomic E-state index is 0.343. The Balaban J connectivity index is 2.42. The monoisotopic (exact) mass is 157 g/mol. The molecule has 0 amide bonds. The zero-order valence-corrected chi connectivity index (χ0v) is 7.40. The quantitative estimate of drug-likeness (QED) is 0.644. The standard InChI is InChI=1S/C9H19NO/c1-2-9(5-7-11)4-3-6-10-8-9/h10-11H,2-8H2,1H3. The average molecular weight is 157 g/mol. The first-order chi connectivity index (χ1) is 5.33. The van der Waals surface area contributed by atoms with Gasteiger partial charge in [-0.15, -0.1) is 0 Å². The van der Waals surface area contributed by atoms with Crippen LogP contribution in [-0.2, 0) is 0 Å². The minimum Gasteiger partial charge on any atom is -0.396 e. The summed E-state index contributed by atoms with van der Waals surface area (Å²) in [7, 11) is 0. The molecule has 1 rings (SSSR count). The predicted octanol–water partition coefficient (Wildman–Crippen LogP) is 1.15. The van der Waals surface area contributed by atoms with Crippen LogP contribution in [0.4, 0.5) is 0 Å². The highest BCUT2D eigenvalue weighted by Gasteiger charge is 2.28. The molecule has 1 fully saturated rings. The van der Waals surface area contributed by atoms with Crippen LogP contribution in [0.3, 0.4) is 0 Å². The fraction of sp³-hybridized carbons (Fsp3) is 1.00. The fourth-order valence-electron chi connectivity index (χ4n) is 1.96. The number of aliphatic hydroxyl groups is 1. The highest BCUT2D eigenvalue weighted by molar-refractivity contribution is 4.83. The lowest BCUT2D eigenvalue weighted by Gasteiger charge is -2.36. The lowest BCUT2D eigenvalue weighted by molar-refractivity contribution is 0.137. The van der Waals surface area contributed by atoms with Gasteiger partial charge in [-0.05, 0) is 37.6 Å². The van der Waals surface area contributed by atoms with Crippen LogP contribution in [0.5, 0.6) is 0 Å². The van der Waals surface area contributed by atoms with Crippen molar-refractivity contribution in [1.29, 1.82) is 0 Å². The van der Waals surface area contributed by atoms with Gasteiger partial charge in [0.2, 0.25) is 0 Å². The first-order valence-electron chi connectivity index (χ1n) is 4.64. The molecule has 0 aromatic carbocycles. The molecule has 0 bridgehead atoms. The van der Waals surface area contributed by atoms with Crippen molar-refractivity contribution in [3.05, 3.63) is 0 Å². The van der Waals surface area contributed by atoms with Gasteiger partial charge in [0.15, 0.2) is 0 Å². The molecule has 0 radical (unpaired) electrons. The van der Waals surface area contributed by atoms with E-state index in [9.17, 15) is 0 Å². The first-order valence-corrected chi connectivity index (χ1v) is 4.64. The van der Waals surface area contributed by atoms with Crippen molar-refractivity contribution in [2.45, 2.75) is 32.6 Å². The summed E-state index contributed by atoms with van der Waals surface area (Å²) >= 11 is 0. The van der Waals surface area contributed by atoms with Crippen molar-refractivity contribution in [2.75, 3.05) is 19.7 Å². The van der Waals surface area contributed by atoms with Gasteiger partial charge in [-0.1, -0.05) is 6.92 Å². The van der Waals surface area contributed by atoms with Crippen LogP contribution < -0.4 is 5.32 Å². The highest BCUT2D eigenvalue weighted by atomic mass is 16.3. The lowest BCUT2D eigenvalue weighted by atomic mass is 9.76. The summed E-state index contributed by atoms with van der Waals surface area (Å²) in [6.45, 7) is 4.83. The zero-order valence-electron chi connectivity index (χ0n) is 7.40. The van der Waals surface area contributed by atoms with Crippen LogP contribution in [-0.4, -0.2) is 24.8 Å². The largest absolute Gasteiger partial charge is 0.396 e. The van der Waals surface area contributed by atoms with Gasteiger partial charge in [0.25, 0.3) is 0 Å². The summed E-state index contributed by atoms with van der Waals surface area (Å²) < 4.78 is 0. The second kappa shape index (κ2) is 4.07. The second-order valence-electron chi connectivity index (χ2n) is 3.61. The van der Waals surface area contributed by atoms with Crippen LogP contribution in [0.15, 0.2) is 0 Å². The van der Waals surface area contributed by atoms with Crippen molar-refractivity contribution < 1.29 is 5.11 Å². The molecule has 0 spiro atoms. The normalized spacial score (nSPS) is 32.2. The van der Waals surface area contributed by atoms with Crippen LogP contribution in [0.1, 0.15) is 32.6 Å². The third-order valence-corrected chi connectivity index (χ3v) is 2.95. The molecule has 0 aromatic heterocycles. The molecule has 0 aliphatic carbocycles. The Bertz CT molecular complexity index is 103. The summed E-state index contributed by atoms with van der Waals surface area (Å²) in [5, 5.41) is 12.3. The summed E-state index contributed by atoms with van der Waals surface area (Å²) in [6, 6.07) is 0. The molecule has 0 saturated carbocycles.